The van der Waals surface area contributed by atoms with Crippen LogP contribution in [-0.4, -0.2) is 4.98 Å². The van der Waals surface area contributed by atoms with Crippen molar-refractivity contribution >= 4 is 28.4 Å². The molecule has 90 valence electrons. The van der Waals surface area contributed by atoms with E-state index in [1.54, 1.807) is 24.2 Å². The molecule has 0 saturated heterocycles. The fourth-order valence-corrected chi connectivity index (χ4v) is 2.78. The second kappa shape index (κ2) is 4.74. The van der Waals surface area contributed by atoms with Crippen molar-refractivity contribution in [1.82, 2.24) is 4.98 Å². The Bertz CT molecular complexity index is 665. The number of para-hydroxylation sites is 1. The van der Waals surface area contributed by atoms with Crippen molar-refractivity contribution in [2.24, 2.45) is 0 Å². The first-order valence-electron chi connectivity index (χ1n) is 5.63. The van der Waals surface area contributed by atoms with Crippen molar-refractivity contribution in [3.8, 4) is 0 Å². The number of nitrogen functional groups attached to an aromatic ring is 1. The molecule has 0 bridgehead atoms. The topological polar surface area (TPSA) is 52.0 Å². The zero-order valence-electron chi connectivity index (χ0n) is 9.67. The van der Waals surface area contributed by atoms with Crippen LogP contribution in [0.2, 0.25) is 0 Å². The van der Waals surface area contributed by atoms with E-state index in [1.165, 1.54) is 4.90 Å². The fraction of sp³-hybridized carbons (Fsp3) is 0.0714. The highest BCUT2D eigenvalue weighted by Gasteiger charge is 2.05. The summed E-state index contributed by atoms with van der Waals surface area (Å²) in [5.41, 5.74) is 7.50. The zero-order chi connectivity index (χ0) is 12.4. The van der Waals surface area contributed by atoms with Gasteiger partial charge in [0.05, 0.1) is 23.2 Å². The first-order valence-corrected chi connectivity index (χ1v) is 6.61. The van der Waals surface area contributed by atoms with Crippen molar-refractivity contribution in [1.29, 1.82) is 0 Å². The molecule has 3 nitrogen and oxygen atoms in total. The molecule has 0 radical (unpaired) electrons. The third-order valence-electron chi connectivity index (χ3n) is 2.71. The van der Waals surface area contributed by atoms with Gasteiger partial charge in [0.25, 0.3) is 0 Å². The number of rotatable bonds is 3. The number of pyridine rings is 1. The van der Waals surface area contributed by atoms with E-state index in [2.05, 4.69) is 4.98 Å². The summed E-state index contributed by atoms with van der Waals surface area (Å²) in [6.45, 7) is 0. The maximum Gasteiger partial charge on any atom is 0.113 e. The molecule has 3 rings (SSSR count). The molecule has 0 aliphatic heterocycles. The summed E-state index contributed by atoms with van der Waals surface area (Å²) in [5, 5.41) is 1.09. The minimum Gasteiger partial charge on any atom is -0.468 e. The maximum absolute atomic E-state index is 5.93. The molecule has 0 amide bonds. The van der Waals surface area contributed by atoms with Crippen LogP contribution in [0.1, 0.15) is 5.76 Å². The van der Waals surface area contributed by atoms with E-state index in [1.807, 2.05) is 36.4 Å². The van der Waals surface area contributed by atoms with E-state index in [9.17, 15) is 0 Å². The van der Waals surface area contributed by atoms with Crippen LogP contribution in [-0.2, 0) is 5.75 Å². The summed E-state index contributed by atoms with van der Waals surface area (Å²) >= 11 is 1.73. The van der Waals surface area contributed by atoms with Gasteiger partial charge in [-0.05, 0) is 24.3 Å². The number of anilines is 1. The van der Waals surface area contributed by atoms with Gasteiger partial charge in [-0.25, -0.2) is 0 Å². The fourth-order valence-electron chi connectivity index (χ4n) is 1.84. The largest absolute Gasteiger partial charge is 0.468 e. The summed E-state index contributed by atoms with van der Waals surface area (Å²) in [6, 6.07) is 11.8. The Balaban J connectivity index is 1.94. The highest BCUT2D eigenvalue weighted by molar-refractivity contribution is 7.98. The van der Waals surface area contributed by atoms with Crippen molar-refractivity contribution in [2.45, 2.75) is 10.6 Å². The lowest BCUT2D eigenvalue weighted by molar-refractivity contribution is 0.530. The lowest BCUT2D eigenvalue weighted by Crippen LogP contribution is -1.90. The number of nitrogens with two attached hydrogens (primary N) is 1. The van der Waals surface area contributed by atoms with Gasteiger partial charge in [0.1, 0.15) is 5.76 Å². The average Bonchev–Trinajstić information content (AvgIpc) is 2.90. The molecular weight excluding hydrogens is 244 g/mol. The normalized spacial score (nSPS) is 10.9. The van der Waals surface area contributed by atoms with Crippen molar-refractivity contribution in [3.63, 3.8) is 0 Å². The molecule has 0 atom stereocenters. The van der Waals surface area contributed by atoms with E-state index in [0.29, 0.717) is 5.69 Å². The smallest absolute Gasteiger partial charge is 0.113 e. The number of hydrogen-bond donors (Lipinski definition) is 1. The number of thioether (sulfide) groups is 1. The molecule has 0 fully saturated rings. The summed E-state index contributed by atoms with van der Waals surface area (Å²) in [7, 11) is 0. The summed E-state index contributed by atoms with van der Waals surface area (Å²) in [4.78, 5) is 5.49. The minimum absolute atomic E-state index is 0.716. The summed E-state index contributed by atoms with van der Waals surface area (Å²) in [5.74, 6) is 1.77. The Morgan fingerprint density at radius 2 is 2.11 bits per heavy atom. The molecule has 0 spiro atoms. The molecule has 0 saturated carbocycles. The first kappa shape index (κ1) is 11.2. The molecule has 18 heavy (non-hydrogen) atoms. The maximum atomic E-state index is 5.93. The number of fused-ring (bicyclic) bond motifs is 1. The molecule has 0 unspecified atom stereocenters. The molecule has 2 aromatic heterocycles. The molecule has 2 N–H and O–H groups in total. The van der Waals surface area contributed by atoms with E-state index < -0.39 is 0 Å². The van der Waals surface area contributed by atoms with Crippen LogP contribution in [0, 0.1) is 0 Å². The Labute approximate surface area is 109 Å². The van der Waals surface area contributed by atoms with Gasteiger partial charge in [0.2, 0.25) is 0 Å². The Hall–Kier alpha value is -1.94. The molecule has 0 aliphatic carbocycles. The second-order valence-corrected chi connectivity index (χ2v) is 4.94. The van der Waals surface area contributed by atoms with Gasteiger partial charge in [-0.15, -0.1) is 11.8 Å². The Morgan fingerprint density at radius 1 is 1.17 bits per heavy atom. The number of benzene rings is 1. The first-order chi connectivity index (χ1) is 8.84. The van der Waals surface area contributed by atoms with Crippen LogP contribution >= 0.6 is 11.8 Å². The van der Waals surface area contributed by atoms with Crippen LogP contribution < -0.4 is 5.73 Å². The van der Waals surface area contributed by atoms with E-state index >= 15 is 0 Å². The number of furan rings is 1. The van der Waals surface area contributed by atoms with Gasteiger partial charge in [0.15, 0.2) is 0 Å². The SMILES string of the molecule is Nc1cccc2c(SCc3ccco3)ccnc12. The van der Waals surface area contributed by atoms with Crippen molar-refractivity contribution in [2.75, 3.05) is 5.73 Å². The Kier molecular flexibility index (Phi) is 2.94. The Morgan fingerprint density at radius 3 is 2.94 bits per heavy atom. The van der Waals surface area contributed by atoms with E-state index in [-0.39, 0.29) is 0 Å². The zero-order valence-corrected chi connectivity index (χ0v) is 10.5. The van der Waals surface area contributed by atoms with Crippen LogP contribution in [0.15, 0.2) is 58.2 Å². The number of aromatic nitrogens is 1. The molecule has 2 heterocycles. The van der Waals surface area contributed by atoms with Crippen LogP contribution in [0.4, 0.5) is 5.69 Å². The van der Waals surface area contributed by atoms with Crippen LogP contribution in [0.5, 0.6) is 0 Å². The summed E-state index contributed by atoms with van der Waals surface area (Å²) < 4.78 is 5.33. The van der Waals surface area contributed by atoms with Gasteiger partial charge in [-0.1, -0.05) is 12.1 Å². The van der Waals surface area contributed by atoms with Gasteiger partial charge in [-0.3, -0.25) is 4.98 Å². The average molecular weight is 256 g/mol. The number of hydrogen-bond acceptors (Lipinski definition) is 4. The standard InChI is InChI=1S/C14H12N2OS/c15-12-5-1-4-11-13(6-7-16-14(11)12)18-9-10-3-2-8-17-10/h1-8H,9,15H2. The summed E-state index contributed by atoms with van der Waals surface area (Å²) in [6.07, 6.45) is 3.49. The van der Waals surface area contributed by atoms with Crippen molar-refractivity contribution < 1.29 is 4.42 Å². The van der Waals surface area contributed by atoms with Gasteiger partial charge in [-0.2, -0.15) is 0 Å². The lowest BCUT2D eigenvalue weighted by atomic mass is 10.2. The third-order valence-corrected chi connectivity index (χ3v) is 3.81. The highest BCUT2D eigenvalue weighted by Crippen LogP contribution is 2.31. The molecule has 0 aliphatic rings. The van der Waals surface area contributed by atoms with Crippen molar-refractivity contribution in [3.05, 3.63) is 54.6 Å². The minimum atomic E-state index is 0.716. The quantitative estimate of drug-likeness (QED) is 0.573. The van der Waals surface area contributed by atoms with Crippen LogP contribution in [0.3, 0.4) is 0 Å². The molecular formula is C14H12N2OS. The third kappa shape index (κ3) is 2.07. The van der Waals surface area contributed by atoms with Gasteiger partial charge in [0, 0.05) is 16.5 Å². The predicted octanol–water partition coefficient (Wildman–Crippen LogP) is 3.70. The monoisotopic (exact) mass is 256 g/mol. The van der Waals surface area contributed by atoms with Gasteiger partial charge < -0.3 is 10.2 Å². The molecule has 1 aromatic carbocycles. The van der Waals surface area contributed by atoms with Gasteiger partial charge >= 0.3 is 0 Å². The number of nitrogens with zero attached hydrogens (tertiary/aromatic N) is 1. The molecule has 3 aromatic rings. The lowest BCUT2D eigenvalue weighted by Gasteiger charge is -2.06. The van der Waals surface area contributed by atoms with E-state index in [4.69, 9.17) is 10.2 Å². The predicted molar refractivity (Wildman–Crippen MR) is 74.4 cm³/mol. The van der Waals surface area contributed by atoms with E-state index in [0.717, 1.165) is 22.4 Å². The second-order valence-electron chi connectivity index (χ2n) is 3.92. The highest BCUT2D eigenvalue weighted by atomic mass is 32.2. The van der Waals surface area contributed by atoms with Crippen LogP contribution in [0.25, 0.3) is 10.9 Å². The molecule has 4 heteroatoms.